The van der Waals surface area contributed by atoms with E-state index in [0.717, 1.165) is 77.1 Å². The smallest absolute Gasteiger partial charge is 0.407 e. The Balaban J connectivity index is 0.922. The van der Waals surface area contributed by atoms with Crippen LogP contribution >= 0.6 is 0 Å². The SMILES string of the molecule is COC(=O)N[C@H](C(=O)N1CCC[C@H]1c1ncc(-c2ccc(-c3ccc(-c4cnc([C@H]5C6CCC(C6)[C@@H]5C(=O)N[C@H](C)c5cccnc5)[nH]4)cc3)cc2)[nH]1)[C@@H](C)OC. The molecule has 2 aromatic carbocycles. The van der Waals surface area contributed by atoms with Gasteiger partial charge in [0.2, 0.25) is 11.8 Å². The normalized spacial score (nSPS) is 22.9. The number of hydrogen-bond acceptors (Lipinski definition) is 8. The predicted octanol–water partition coefficient (Wildman–Crippen LogP) is 6.96. The first-order valence-electron chi connectivity index (χ1n) is 19.9. The first-order chi connectivity index (χ1) is 27.7. The summed E-state index contributed by atoms with van der Waals surface area (Å²) in [5.41, 5.74) is 6.98. The third kappa shape index (κ3) is 7.68. The number of nitrogens with zero attached hydrogens (tertiary/aromatic N) is 4. The van der Waals surface area contributed by atoms with Gasteiger partial charge in [-0.2, -0.15) is 0 Å². The molecule has 57 heavy (non-hydrogen) atoms. The lowest BCUT2D eigenvalue weighted by atomic mass is 9.78. The highest BCUT2D eigenvalue weighted by molar-refractivity contribution is 5.87. The second-order valence-electron chi connectivity index (χ2n) is 15.7. The summed E-state index contributed by atoms with van der Waals surface area (Å²) in [6.45, 7) is 4.31. The molecule has 3 fully saturated rings. The first kappa shape index (κ1) is 38.1. The number of alkyl carbamates (subject to hydrolysis) is 1. The number of imidazole rings is 2. The van der Waals surface area contributed by atoms with Crippen LogP contribution in [0.4, 0.5) is 4.79 Å². The second-order valence-corrected chi connectivity index (χ2v) is 15.7. The molecule has 296 valence electrons. The van der Waals surface area contributed by atoms with Gasteiger partial charge in [-0.3, -0.25) is 14.6 Å². The molecule has 3 aliphatic rings. The van der Waals surface area contributed by atoms with Crippen molar-refractivity contribution in [3.05, 3.63) is 103 Å². The molecule has 3 aromatic heterocycles. The van der Waals surface area contributed by atoms with Crippen molar-refractivity contribution in [3.63, 3.8) is 0 Å². The maximum absolute atomic E-state index is 13.7. The van der Waals surface area contributed by atoms with Crippen LogP contribution in [0.3, 0.4) is 0 Å². The van der Waals surface area contributed by atoms with Crippen molar-refractivity contribution in [2.24, 2.45) is 17.8 Å². The van der Waals surface area contributed by atoms with Crippen LogP contribution in [0.1, 0.15) is 81.2 Å². The summed E-state index contributed by atoms with van der Waals surface area (Å²) in [5, 5.41) is 5.90. The van der Waals surface area contributed by atoms with Crippen molar-refractivity contribution in [3.8, 4) is 33.6 Å². The number of amides is 3. The Labute approximate surface area is 332 Å². The third-order valence-corrected chi connectivity index (χ3v) is 12.4. The standard InChI is InChI=1S/C44H50N8O5/c1-25(33-7-5-19-45-22-33)48-42(53)38-32-18-17-31(21-32)37(38)41-47-24-35(50-41)30-15-11-28(12-16-30)27-9-13-29(14-10-27)34-23-46-40(49-34)36-8-6-20-52(36)43(54)39(26(2)56-3)51-44(55)57-4/h5,7,9-16,19,22-26,31-32,36-39H,6,8,17-18,20-21H2,1-4H3,(H,46,49)(H,47,50)(H,48,53)(H,51,55)/t25-,26-,31?,32?,36+,37+,38+,39+/m1/s1. The van der Waals surface area contributed by atoms with E-state index >= 15 is 0 Å². The van der Waals surface area contributed by atoms with Gasteiger partial charge in [0.25, 0.3) is 0 Å². The second kappa shape index (κ2) is 16.3. The van der Waals surface area contributed by atoms with Crippen LogP contribution in [-0.4, -0.2) is 80.6 Å². The number of methoxy groups -OCH3 is 2. The van der Waals surface area contributed by atoms with Gasteiger partial charge in [0.1, 0.15) is 17.7 Å². The van der Waals surface area contributed by atoms with E-state index < -0.39 is 18.2 Å². The number of benzene rings is 2. The minimum Gasteiger partial charge on any atom is -0.453 e. The Morgan fingerprint density at radius 2 is 1.42 bits per heavy atom. The van der Waals surface area contributed by atoms with Crippen molar-refractivity contribution in [1.82, 2.24) is 40.5 Å². The number of nitrogens with one attached hydrogen (secondary N) is 4. The monoisotopic (exact) mass is 770 g/mol. The molecular formula is C44H50N8O5. The highest BCUT2D eigenvalue weighted by Crippen LogP contribution is 2.56. The maximum Gasteiger partial charge on any atom is 0.407 e. The third-order valence-electron chi connectivity index (χ3n) is 12.4. The van der Waals surface area contributed by atoms with Crippen molar-refractivity contribution in [2.75, 3.05) is 20.8 Å². The van der Waals surface area contributed by atoms with Gasteiger partial charge in [0, 0.05) is 32.0 Å². The lowest BCUT2D eigenvalue weighted by molar-refractivity contribution is -0.137. The van der Waals surface area contributed by atoms with E-state index in [4.69, 9.17) is 14.5 Å². The minimum absolute atomic E-state index is 0.0781. The molecule has 3 amide bonds. The zero-order valence-corrected chi connectivity index (χ0v) is 32.8. The summed E-state index contributed by atoms with van der Waals surface area (Å²) >= 11 is 0. The fourth-order valence-electron chi connectivity index (χ4n) is 9.27. The van der Waals surface area contributed by atoms with Gasteiger partial charge in [-0.05, 0) is 91.7 Å². The van der Waals surface area contributed by atoms with Crippen LogP contribution in [0, 0.1) is 17.8 Å². The van der Waals surface area contributed by atoms with Gasteiger partial charge >= 0.3 is 6.09 Å². The van der Waals surface area contributed by atoms with E-state index in [9.17, 15) is 14.4 Å². The van der Waals surface area contributed by atoms with E-state index in [0.29, 0.717) is 24.2 Å². The number of likely N-dealkylation sites (tertiary alicyclic amines) is 1. The Hall–Kier alpha value is -5.82. The van der Waals surface area contributed by atoms with Crippen LogP contribution in [0.15, 0.2) is 85.5 Å². The van der Waals surface area contributed by atoms with Crippen molar-refractivity contribution in [2.45, 2.75) is 76.1 Å². The number of rotatable bonds is 12. The topological polar surface area (TPSA) is 167 Å². The summed E-state index contributed by atoms with van der Waals surface area (Å²) in [4.78, 5) is 61.9. The van der Waals surface area contributed by atoms with Gasteiger partial charge < -0.3 is 35.0 Å². The summed E-state index contributed by atoms with van der Waals surface area (Å²) < 4.78 is 10.2. The summed E-state index contributed by atoms with van der Waals surface area (Å²) in [5.74, 6) is 2.30. The van der Waals surface area contributed by atoms with Gasteiger partial charge in [-0.1, -0.05) is 54.6 Å². The molecule has 2 aliphatic carbocycles. The lowest BCUT2D eigenvalue weighted by Crippen LogP contribution is -2.54. The molecule has 1 aliphatic heterocycles. The predicted molar refractivity (Wildman–Crippen MR) is 214 cm³/mol. The maximum atomic E-state index is 13.7. The molecule has 8 atom stereocenters. The molecule has 13 nitrogen and oxygen atoms in total. The number of pyridine rings is 1. The molecule has 4 heterocycles. The zero-order valence-electron chi connectivity index (χ0n) is 32.8. The Kier molecular flexibility index (Phi) is 10.9. The quantitative estimate of drug-likeness (QED) is 0.106. The molecular weight excluding hydrogens is 721 g/mol. The number of H-pyrrole nitrogens is 2. The summed E-state index contributed by atoms with van der Waals surface area (Å²) in [6, 6.07) is 19.4. The number of fused-ring (bicyclic) bond motifs is 2. The first-order valence-corrected chi connectivity index (χ1v) is 19.9. The molecule has 0 radical (unpaired) electrons. The average molecular weight is 771 g/mol. The molecule has 13 heteroatoms. The number of hydrogen-bond donors (Lipinski definition) is 4. The zero-order chi connectivity index (χ0) is 39.6. The van der Waals surface area contributed by atoms with Gasteiger partial charge in [-0.15, -0.1) is 0 Å². The van der Waals surface area contributed by atoms with Gasteiger partial charge in [0.15, 0.2) is 0 Å². The number of carbonyl (C=O) groups is 3. The van der Waals surface area contributed by atoms with E-state index in [2.05, 4.69) is 79.1 Å². The number of aromatic nitrogens is 5. The van der Waals surface area contributed by atoms with Crippen molar-refractivity contribution >= 4 is 17.9 Å². The van der Waals surface area contributed by atoms with Crippen molar-refractivity contribution < 1.29 is 23.9 Å². The van der Waals surface area contributed by atoms with Crippen LogP contribution in [0.25, 0.3) is 33.6 Å². The summed E-state index contributed by atoms with van der Waals surface area (Å²) in [6.07, 6.45) is 10.9. The molecule has 0 spiro atoms. The molecule has 1 saturated heterocycles. The Morgan fingerprint density at radius 3 is 2.05 bits per heavy atom. The average Bonchev–Trinajstić information content (AvgIpc) is 4.11. The molecule has 2 unspecified atom stereocenters. The molecule has 5 aromatic rings. The van der Waals surface area contributed by atoms with Gasteiger partial charge in [-0.25, -0.2) is 14.8 Å². The van der Waals surface area contributed by atoms with Crippen molar-refractivity contribution in [1.29, 1.82) is 0 Å². The fourth-order valence-corrected chi connectivity index (χ4v) is 9.27. The fraction of sp³-hybridized carbons (Fsp3) is 0.409. The highest BCUT2D eigenvalue weighted by Gasteiger charge is 2.52. The number of ether oxygens (including phenoxy) is 2. The number of aromatic amines is 2. The molecule has 2 saturated carbocycles. The van der Waals surface area contributed by atoms with Gasteiger partial charge in [0.05, 0.1) is 55.0 Å². The van der Waals surface area contributed by atoms with Crippen LogP contribution < -0.4 is 10.6 Å². The molecule has 4 N–H and O–H groups in total. The van der Waals surface area contributed by atoms with E-state index in [1.54, 1.807) is 24.2 Å². The van der Waals surface area contributed by atoms with E-state index in [1.807, 2.05) is 31.5 Å². The molecule has 8 rings (SSSR count). The van der Waals surface area contributed by atoms with Crippen LogP contribution in [0.2, 0.25) is 0 Å². The highest BCUT2D eigenvalue weighted by atomic mass is 16.5. The van der Waals surface area contributed by atoms with E-state index in [1.165, 1.54) is 14.2 Å². The van der Waals surface area contributed by atoms with E-state index in [-0.39, 0.29) is 35.7 Å². The Morgan fingerprint density at radius 1 is 0.789 bits per heavy atom. The lowest BCUT2D eigenvalue weighted by Gasteiger charge is -2.30. The summed E-state index contributed by atoms with van der Waals surface area (Å²) in [7, 11) is 2.77. The van der Waals surface area contributed by atoms with Crippen LogP contribution in [0.5, 0.6) is 0 Å². The minimum atomic E-state index is -0.886. The van der Waals surface area contributed by atoms with Crippen LogP contribution in [-0.2, 0) is 19.1 Å². The molecule has 2 bridgehead atoms. The number of carbonyl (C=O) groups excluding carboxylic acids is 3. The largest absolute Gasteiger partial charge is 0.453 e. The Bertz CT molecular complexity index is 2190.